The van der Waals surface area contributed by atoms with E-state index in [2.05, 4.69) is 5.32 Å². The minimum absolute atomic E-state index is 0.147. The Morgan fingerprint density at radius 2 is 1.63 bits per heavy atom. The molecular weight excluding hydrogens is 545 g/mol. The van der Waals surface area contributed by atoms with Crippen molar-refractivity contribution in [1.29, 1.82) is 0 Å². The number of halogens is 2. The molecule has 0 aliphatic carbocycles. The number of ether oxygens (including phenoxy) is 3. The number of hydrogen-bond donors (Lipinski definition) is 1. The molecule has 0 aliphatic rings. The predicted octanol–water partition coefficient (Wildman–Crippen LogP) is 7.76. The highest BCUT2D eigenvalue weighted by Gasteiger charge is 2.38. The molecule has 0 heterocycles. The van der Waals surface area contributed by atoms with E-state index >= 15 is 0 Å². The average molecular weight is 584 g/mol. The van der Waals surface area contributed by atoms with Crippen molar-refractivity contribution >= 4 is 23.7 Å². The van der Waals surface area contributed by atoms with Crippen LogP contribution in [0.1, 0.15) is 51.7 Å². The summed E-state index contributed by atoms with van der Waals surface area (Å²) in [6.45, 7) is 7.69. The van der Waals surface area contributed by atoms with E-state index in [9.17, 15) is 14.0 Å². The van der Waals surface area contributed by atoms with Gasteiger partial charge in [0.05, 0.1) is 5.41 Å². The van der Waals surface area contributed by atoms with Crippen LogP contribution in [0.3, 0.4) is 0 Å². The molecule has 0 unspecified atom stereocenters. The smallest absolute Gasteiger partial charge is 0.407 e. The number of alkyl carbamates (subject to hydrolysis) is 1. The molecule has 3 aromatic rings. The van der Waals surface area contributed by atoms with E-state index in [0.717, 1.165) is 11.1 Å². The van der Waals surface area contributed by atoms with Gasteiger partial charge in [0, 0.05) is 30.3 Å². The standard InChI is InChI=1S/C33H39ClFNO5/c1-32(2,3)41-31(38)36-27(19-23-11-13-25(14-12-23)28-20-26(34)15-16-29(28)35)21-33(4,17-18-39-5)30(37)40-22-24-9-7-6-8-10-24/h6-16,20,27H,17-19,21-22H2,1-5H3,(H,36,38)/t27-,33-/m1/s1. The van der Waals surface area contributed by atoms with Gasteiger partial charge in [-0.1, -0.05) is 66.2 Å². The average Bonchev–Trinajstić information content (AvgIpc) is 2.92. The summed E-state index contributed by atoms with van der Waals surface area (Å²) in [5.74, 6) is -0.740. The quantitative estimate of drug-likeness (QED) is 0.221. The lowest BCUT2D eigenvalue weighted by Gasteiger charge is -2.32. The highest BCUT2D eigenvalue weighted by atomic mass is 35.5. The van der Waals surface area contributed by atoms with Crippen LogP contribution >= 0.6 is 11.6 Å². The third kappa shape index (κ3) is 10.2. The van der Waals surface area contributed by atoms with E-state index in [1.54, 1.807) is 33.9 Å². The Labute approximate surface area is 247 Å². The van der Waals surface area contributed by atoms with Crippen molar-refractivity contribution < 1.29 is 28.2 Å². The van der Waals surface area contributed by atoms with Crippen LogP contribution in [0.15, 0.2) is 72.8 Å². The topological polar surface area (TPSA) is 73.9 Å². The SMILES string of the molecule is COCC[C@](C)(C[C@@H](Cc1ccc(-c2cc(Cl)ccc2F)cc1)NC(=O)OC(C)(C)C)C(=O)OCc1ccccc1. The summed E-state index contributed by atoms with van der Waals surface area (Å²) in [5.41, 5.74) is 1.22. The van der Waals surface area contributed by atoms with Gasteiger partial charge in [-0.05, 0) is 81.8 Å². The number of hydrogen-bond acceptors (Lipinski definition) is 5. The molecule has 1 amide bonds. The van der Waals surface area contributed by atoms with Crippen LogP contribution in [-0.4, -0.2) is 37.4 Å². The van der Waals surface area contributed by atoms with Crippen molar-refractivity contribution in [2.75, 3.05) is 13.7 Å². The van der Waals surface area contributed by atoms with E-state index in [4.69, 9.17) is 25.8 Å². The lowest BCUT2D eigenvalue weighted by molar-refractivity contribution is -0.158. The third-order valence-electron chi connectivity index (χ3n) is 6.66. The Morgan fingerprint density at radius 1 is 0.951 bits per heavy atom. The van der Waals surface area contributed by atoms with Gasteiger partial charge < -0.3 is 19.5 Å². The number of carbonyl (C=O) groups is 2. The highest BCUT2D eigenvalue weighted by Crippen LogP contribution is 2.32. The zero-order valence-corrected chi connectivity index (χ0v) is 25.1. The maximum atomic E-state index is 14.4. The van der Waals surface area contributed by atoms with E-state index < -0.39 is 23.2 Å². The Balaban J connectivity index is 1.83. The second-order valence-corrected chi connectivity index (χ2v) is 11.9. The Morgan fingerprint density at radius 3 is 2.27 bits per heavy atom. The summed E-state index contributed by atoms with van der Waals surface area (Å²) >= 11 is 6.08. The maximum absolute atomic E-state index is 14.4. The highest BCUT2D eigenvalue weighted by molar-refractivity contribution is 6.30. The number of carbonyl (C=O) groups excluding carboxylic acids is 2. The maximum Gasteiger partial charge on any atom is 0.407 e. The van der Waals surface area contributed by atoms with Gasteiger partial charge in [0.2, 0.25) is 0 Å². The van der Waals surface area contributed by atoms with Crippen molar-refractivity contribution in [2.24, 2.45) is 5.41 Å². The second-order valence-electron chi connectivity index (χ2n) is 11.4. The number of rotatable bonds is 12. The fourth-order valence-corrected chi connectivity index (χ4v) is 4.70. The molecule has 1 N–H and O–H groups in total. The molecule has 0 fully saturated rings. The summed E-state index contributed by atoms with van der Waals surface area (Å²) < 4.78 is 31.0. The van der Waals surface area contributed by atoms with Crippen molar-refractivity contribution in [3.05, 3.63) is 94.8 Å². The van der Waals surface area contributed by atoms with E-state index in [1.807, 2.05) is 61.5 Å². The van der Waals surface area contributed by atoms with E-state index in [-0.39, 0.29) is 24.8 Å². The van der Waals surface area contributed by atoms with E-state index in [0.29, 0.717) is 35.6 Å². The fourth-order valence-electron chi connectivity index (χ4n) is 4.53. The van der Waals surface area contributed by atoms with Crippen molar-refractivity contribution in [3.63, 3.8) is 0 Å². The van der Waals surface area contributed by atoms with Crippen molar-refractivity contribution in [1.82, 2.24) is 5.32 Å². The molecular formula is C33H39ClFNO5. The lowest BCUT2D eigenvalue weighted by atomic mass is 9.79. The van der Waals surface area contributed by atoms with Gasteiger partial charge >= 0.3 is 12.1 Å². The van der Waals surface area contributed by atoms with Crippen LogP contribution in [0.2, 0.25) is 5.02 Å². The minimum atomic E-state index is -0.950. The Kier molecular flexibility index (Phi) is 11.3. The van der Waals surface area contributed by atoms with Crippen LogP contribution in [0.4, 0.5) is 9.18 Å². The summed E-state index contributed by atoms with van der Waals surface area (Å²) in [5, 5.41) is 3.40. The first-order chi connectivity index (χ1) is 19.4. The molecule has 0 aliphatic heterocycles. The van der Waals surface area contributed by atoms with Gasteiger partial charge in [-0.15, -0.1) is 0 Å². The van der Waals surface area contributed by atoms with Gasteiger partial charge in [-0.2, -0.15) is 0 Å². The third-order valence-corrected chi connectivity index (χ3v) is 6.89. The Bertz CT molecular complexity index is 1290. The predicted molar refractivity (Wildman–Crippen MR) is 159 cm³/mol. The van der Waals surface area contributed by atoms with E-state index in [1.165, 1.54) is 12.1 Å². The van der Waals surface area contributed by atoms with Gasteiger partial charge in [-0.3, -0.25) is 4.79 Å². The summed E-state index contributed by atoms with van der Waals surface area (Å²) in [7, 11) is 1.58. The fraction of sp³-hybridized carbons (Fsp3) is 0.394. The van der Waals surface area contributed by atoms with Crippen molar-refractivity contribution in [3.8, 4) is 11.1 Å². The largest absolute Gasteiger partial charge is 0.460 e. The summed E-state index contributed by atoms with van der Waals surface area (Å²) in [6.07, 6.45) is 0.517. The number of amides is 1. The molecule has 0 spiro atoms. The van der Waals surface area contributed by atoms with Crippen LogP contribution < -0.4 is 5.32 Å². The molecule has 0 saturated carbocycles. The van der Waals surface area contributed by atoms with Crippen LogP contribution in [0.25, 0.3) is 11.1 Å². The van der Waals surface area contributed by atoms with Crippen LogP contribution in [-0.2, 0) is 32.0 Å². The zero-order chi connectivity index (χ0) is 30.0. The number of nitrogens with one attached hydrogen (secondary N) is 1. The van der Waals surface area contributed by atoms with Gasteiger partial charge in [0.15, 0.2) is 0 Å². The van der Waals surface area contributed by atoms with Crippen LogP contribution in [0.5, 0.6) is 0 Å². The Hall–Kier alpha value is -3.42. The van der Waals surface area contributed by atoms with Crippen LogP contribution in [0, 0.1) is 11.2 Å². The molecule has 3 aromatic carbocycles. The van der Waals surface area contributed by atoms with Gasteiger partial charge in [0.1, 0.15) is 18.0 Å². The first kappa shape index (κ1) is 32.1. The molecule has 0 bridgehead atoms. The number of esters is 1. The molecule has 3 rings (SSSR count). The molecule has 6 nitrogen and oxygen atoms in total. The second kappa shape index (κ2) is 14.5. The first-order valence-electron chi connectivity index (χ1n) is 13.6. The molecule has 220 valence electrons. The number of benzene rings is 3. The molecule has 0 aromatic heterocycles. The molecule has 2 atom stereocenters. The summed E-state index contributed by atoms with van der Waals surface area (Å²) in [4.78, 5) is 26.3. The molecule has 41 heavy (non-hydrogen) atoms. The molecule has 0 radical (unpaired) electrons. The lowest BCUT2D eigenvalue weighted by Crippen LogP contribution is -2.45. The minimum Gasteiger partial charge on any atom is -0.460 e. The normalized spacial score (nSPS) is 13.6. The number of methoxy groups -OCH3 is 1. The van der Waals surface area contributed by atoms with Crippen molar-refractivity contribution in [2.45, 2.75) is 65.2 Å². The first-order valence-corrected chi connectivity index (χ1v) is 14.0. The van der Waals surface area contributed by atoms with Gasteiger partial charge in [0.25, 0.3) is 0 Å². The molecule has 8 heteroatoms. The molecule has 0 saturated heterocycles. The van der Waals surface area contributed by atoms with Gasteiger partial charge in [-0.25, -0.2) is 9.18 Å². The zero-order valence-electron chi connectivity index (χ0n) is 24.3. The monoisotopic (exact) mass is 583 g/mol. The summed E-state index contributed by atoms with van der Waals surface area (Å²) in [6, 6.07) is 20.8.